The van der Waals surface area contributed by atoms with Crippen molar-refractivity contribution in [1.29, 1.82) is 0 Å². The van der Waals surface area contributed by atoms with Crippen molar-refractivity contribution < 1.29 is 51.7 Å². The third kappa shape index (κ3) is 6.93. The first kappa shape index (κ1) is 27.1. The highest BCUT2D eigenvalue weighted by Crippen LogP contribution is 2.31. The van der Waals surface area contributed by atoms with E-state index in [1.165, 1.54) is 0 Å². The minimum Gasteiger partial charge on any atom is -0.264 e. The zero-order chi connectivity index (χ0) is 25.9. The van der Waals surface area contributed by atoms with Crippen molar-refractivity contribution in [3.63, 3.8) is 0 Å². The quantitative estimate of drug-likeness (QED) is 0.293. The average molecular weight is 532 g/mol. The minimum absolute atomic E-state index is 0.293. The molecule has 0 aliphatic rings. The molecule has 34 heavy (non-hydrogen) atoms. The van der Waals surface area contributed by atoms with Crippen molar-refractivity contribution in [2.24, 2.45) is 10.3 Å². The molecule has 0 aromatic heterocycles. The molecule has 0 unspecified atom stereocenters. The molecule has 0 amide bonds. The lowest BCUT2D eigenvalue weighted by Gasteiger charge is -2.08. The summed E-state index contributed by atoms with van der Waals surface area (Å²) in [5.41, 5.74) is -2.75. The van der Waals surface area contributed by atoms with E-state index in [2.05, 4.69) is 18.9 Å². The number of alkyl halides is 6. The molecule has 0 N–H and O–H groups in total. The van der Waals surface area contributed by atoms with Crippen LogP contribution in [-0.2, 0) is 41.2 Å². The Balaban J connectivity index is 2.12. The van der Waals surface area contributed by atoms with Crippen LogP contribution in [0.15, 0.2) is 68.6 Å². The molecule has 0 atom stereocenters. The Morgan fingerprint density at radius 2 is 0.882 bits per heavy atom. The molecule has 0 saturated heterocycles. The number of halogens is 6. The molecular weight excluding hydrogens is 518 g/mol. The molecular formula is C18H14F6N2O6S2. The summed E-state index contributed by atoms with van der Waals surface area (Å²) in [6.07, 6.45) is -9.35. The van der Waals surface area contributed by atoms with Gasteiger partial charge in [0.1, 0.15) is 21.2 Å². The van der Waals surface area contributed by atoms with Crippen LogP contribution in [0.3, 0.4) is 0 Å². The SMILES string of the molecule is CC(=NOS(=O)(=O)c1ccc(C(F)(F)F)cc1)C(C)=NOS(=O)(=O)c1ccc(C(F)(F)F)cc1. The summed E-state index contributed by atoms with van der Waals surface area (Å²) in [6.45, 7) is 2.30. The molecule has 2 aromatic rings. The van der Waals surface area contributed by atoms with E-state index in [9.17, 15) is 43.2 Å². The number of nitrogens with zero attached hydrogens (tertiary/aromatic N) is 2. The van der Waals surface area contributed by atoms with Crippen LogP contribution in [0, 0.1) is 0 Å². The number of benzene rings is 2. The van der Waals surface area contributed by atoms with Crippen LogP contribution < -0.4 is 0 Å². The number of rotatable bonds is 7. The van der Waals surface area contributed by atoms with Crippen molar-refractivity contribution in [1.82, 2.24) is 0 Å². The van der Waals surface area contributed by atoms with E-state index in [1.807, 2.05) is 0 Å². The topological polar surface area (TPSA) is 111 Å². The summed E-state index contributed by atoms with van der Waals surface area (Å²) in [4.78, 5) is -1.26. The van der Waals surface area contributed by atoms with E-state index in [4.69, 9.17) is 0 Å². The summed E-state index contributed by atoms with van der Waals surface area (Å²) in [6, 6.07) is 4.73. The van der Waals surface area contributed by atoms with Gasteiger partial charge in [-0.15, -0.1) is 0 Å². The second kappa shape index (κ2) is 9.61. The fraction of sp³-hybridized carbons (Fsp3) is 0.222. The Labute approximate surface area is 189 Å². The van der Waals surface area contributed by atoms with Crippen LogP contribution in [0.25, 0.3) is 0 Å². The first-order valence-electron chi connectivity index (χ1n) is 8.75. The van der Waals surface area contributed by atoms with E-state index < -0.39 is 53.5 Å². The molecule has 0 saturated carbocycles. The van der Waals surface area contributed by atoms with Gasteiger partial charge in [-0.3, -0.25) is 8.57 Å². The first-order chi connectivity index (χ1) is 15.4. The molecule has 2 aromatic carbocycles. The number of oxime groups is 2. The lowest BCUT2D eigenvalue weighted by molar-refractivity contribution is -0.138. The normalized spacial score (nSPS) is 14.1. The first-order valence-corrected chi connectivity index (χ1v) is 11.6. The van der Waals surface area contributed by atoms with Crippen molar-refractivity contribution in [2.75, 3.05) is 0 Å². The van der Waals surface area contributed by atoms with E-state index >= 15 is 0 Å². The smallest absolute Gasteiger partial charge is 0.264 e. The fourth-order valence-electron chi connectivity index (χ4n) is 2.05. The minimum atomic E-state index is -4.67. The standard InChI is InChI=1S/C18H14F6N2O6S2/c1-11(25-31-33(27,28)15-7-3-13(4-8-15)17(19,20)21)12(2)26-32-34(29,30)16-9-5-14(6-10-16)18(22,23)24/h3-10H,1-2H3. The molecule has 2 rings (SSSR count). The predicted octanol–water partition coefficient (Wildman–Crippen LogP) is 4.59. The van der Waals surface area contributed by atoms with Crippen molar-refractivity contribution >= 4 is 31.7 Å². The van der Waals surface area contributed by atoms with E-state index in [0.29, 0.717) is 48.5 Å². The lowest BCUT2D eigenvalue weighted by Crippen LogP contribution is -2.12. The molecule has 0 aliphatic heterocycles. The highest BCUT2D eigenvalue weighted by molar-refractivity contribution is 7.87. The predicted molar refractivity (Wildman–Crippen MR) is 106 cm³/mol. The Kier molecular flexibility index (Phi) is 7.67. The Bertz CT molecular complexity index is 1200. The van der Waals surface area contributed by atoms with Gasteiger partial charge in [0, 0.05) is 0 Å². The van der Waals surface area contributed by atoms with Crippen molar-refractivity contribution in [3.05, 3.63) is 59.7 Å². The summed E-state index contributed by atoms with van der Waals surface area (Å²) in [5.74, 6) is 0. The van der Waals surface area contributed by atoms with Gasteiger partial charge in [0.05, 0.1) is 11.1 Å². The highest BCUT2D eigenvalue weighted by Gasteiger charge is 2.32. The third-order valence-corrected chi connectivity index (χ3v) is 6.25. The fourth-order valence-corrected chi connectivity index (χ4v) is 3.58. The largest absolute Gasteiger partial charge is 0.416 e. The maximum Gasteiger partial charge on any atom is 0.416 e. The zero-order valence-electron chi connectivity index (χ0n) is 17.0. The van der Waals surface area contributed by atoms with Crippen LogP contribution in [0.2, 0.25) is 0 Å². The molecule has 0 aliphatic carbocycles. The monoisotopic (exact) mass is 532 g/mol. The van der Waals surface area contributed by atoms with Crippen molar-refractivity contribution in [2.45, 2.75) is 36.0 Å². The molecule has 186 valence electrons. The van der Waals surface area contributed by atoms with Gasteiger partial charge < -0.3 is 0 Å². The second-order valence-corrected chi connectivity index (χ2v) is 9.51. The summed E-state index contributed by atoms with van der Waals surface area (Å²) < 4.78 is 132. The lowest BCUT2D eigenvalue weighted by atomic mass is 10.2. The molecule has 0 fully saturated rings. The van der Waals surface area contributed by atoms with Crippen LogP contribution in [0.5, 0.6) is 0 Å². The highest BCUT2D eigenvalue weighted by atomic mass is 32.2. The summed E-state index contributed by atoms with van der Waals surface area (Å²) >= 11 is 0. The average Bonchev–Trinajstić information content (AvgIpc) is 2.75. The van der Waals surface area contributed by atoms with E-state index in [-0.39, 0.29) is 11.4 Å². The summed E-state index contributed by atoms with van der Waals surface area (Å²) in [7, 11) is -9.23. The number of hydrogen-bond donors (Lipinski definition) is 0. The molecule has 16 heteroatoms. The van der Waals surface area contributed by atoms with Gasteiger partial charge in [-0.05, 0) is 62.4 Å². The van der Waals surface area contributed by atoms with Crippen LogP contribution in [-0.4, -0.2) is 28.3 Å². The Hall–Kier alpha value is -3.14. The maximum absolute atomic E-state index is 12.6. The van der Waals surface area contributed by atoms with E-state index in [0.717, 1.165) is 13.8 Å². The number of hydrogen-bond acceptors (Lipinski definition) is 8. The van der Waals surface area contributed by atoms with Gasteiger partial charge in [0.15, 0.2) is 0 Å². The van der Waals surface area contributed by atoms with Crippen LogP contribution in [0.1, 0.15) is 25.0 Å². The van der Waals surface area contributed by atoms with Gasteiger partial charge in [-0.2, -0.15) is 43.2 Å². The van der Waals surface area contributed by atoms with Gasteiger partial charge in [-0.25, -0.2) is 0 Å². The van der Waals surface area contributed by atoms with Gasteiger partial charge in [0.25, 0.3) is 0 Å². The Morgan fingerprint density at radius 1 is 0.618 bits per heavy atom. The summed E-state index contributed by atoms with van der Waals surface area (Å²) in [5, 5.41) is 6.46. The molecule has 8 nitrogen and oxygen atoms in total. The molecule has 0 spiro atoms. The van der Waals surface area contributed by atoms with Gasteiger partial charge in [-0.1, -0.05) is 10.3 Å². The van der Waals surface area contributed by atoms with Crippen LogP contribution in [0.4, 0.5) is 26.3 Å². The Morgan fingerprint density at radius 3 is 1.12 bits per heavy atom. The van der Waals surface area contributed by atoms with Gasteiger partial charge >= 0.3 is 32.6 Å². The van der Waals surface area contributed by atoms with Crippen LogP contribution >= 0.6 is 0 Å². The second-order valence-electron chi connectivity index (χ2n) is 6.45. The van der Waals surface area contributed by atoms with Crippen molar-refractivity contribution in [3.8, 4) is 0 Å². The van der Waals surface area contributed by atoms with E-state index in [1.54, 1.807) is 0 Å². The van der Waals surface area contributed by atoms with Gasteiger partial charge in [0.2, 0.25) is 0 Å². The molecule has 0 bridgehead atoms. The zero-order valence-corrected chi connectivity index (χ0v) is 18.7. The maximum atomic E-state index is 12.6. The molecule has 0 heterocycles. The molecule has 0 radical (unpaired) electrons. The third-order valence-electron chi connectivity index (χ3n) is 4.01.